The Morgan fingerprint density at radius 3 is 2.12 bits per heavy atom. The lowest BCUT2D eigenvalue weighted by Gasteiger charge is -2.28. The third-order valence-electron chi connectivity index (χ3n) is 7.98. The number of fused-ring (bicyclic) bond motifs is 1. The molecule has 0 spiro atoms. The van der Waals surface area contributed by atoms with E-state index >= 15 is 0 Å². The Kier molecular flexibility index (Phi) is 10.7. The van der Waals surface area contributed by atoms with E-state index in [-0.39, 0.29) is 24.9 Å². The largest absolute Gasteiger partial charge is 0.489 e. The van der Waals surface area contributed by atoms with Crippen molar-refractivity contribution in [3.05, 3.63) is 109 Å². The summed E-state index contributed by atoms with van der Waals surface area (Å²) >= 11 is 0. The Hall–Kier alpha value is -5.71. The van der Waals surface area contributed by atoms with Crippen molar-refractivity contribution in [1.82, 2.24) is 10.6 Å². The van der Waals surface area contributed by atoms with E-state index in [4.69, 9.17) is 14.3 Å². The van der Waals surface area contributed by atoms with Gasteiger partial charge in [0.25, 0.3) is 17.4 Å². The van der Waals surface area contributed by atoms with Crippen molar-refractivity contribution in [3.63, 3.8) is 0 Å². The maximum Gasteiger partial charge on any atom is 0.305 e. The second-order valence-electron chi connectivity index (χ2n) is 11.9. The first-order chi connectivity index (χ1) is 23.1. The van der Waals surface area contributed by atoms with Gasteiger partial charge in [-0.1, -0.05) is 91.8 Å². The second-order valence-corrected chi connectivity index (χ2v) is 11.9. The number of carboxylic acid groups (broad SMARTS) is 1. The molecule has 1 aliphatic heterocycles. The van der Waals surface area contributed by atoms with Gasteiger partial charge in [-0.25, -0.2) is 0 Å². The number of para-hydroxylation sites is 2. The van der Waals surface area contributed by atoms with Gasteiger partial charge in [0.05, 0.1) is 18.2 Å². The summed E-state index contributed by atoms with van der Waals surface area (Å²) in [6, 6.07) is 28.3. The molecule has 11 nitrogen and oxygen atoms in total. The summed E-state index contributed by atoms with van der Waals surface area (Å²) in [6.45, 7) is 3.04. The monoisotopic (exact) mass is 651 g/mol. The molecule has 0 bridgehead atoms. The summed E-state index contributed by atoms with van der Waals surface area (Å²) in [5.41, 5.74) is -0.902. The zero-order valence-electron chi connectivity index (χ0n) is 26.6. The number of carbonyl (C=O) groups excluding carboxylic acids is 3. The van der Waals surface area contributed by atoms with Crippen molar-refractivity contribution >= 4 is 40.1 Å². The smallest absolute Gasteiger partial charge is 0.305 e. The molecule has 11 heteroatoms. The molecule has 2 amide bonds. The predicted octanol–water partition coefficient (Wildman–Crippen LogP) is 4.80. The average molecular weight is 652 g/mol. The lowest BCUT2D eigenvalue weighted by Crippen LogP contribution is -2.57. The van der Waals surface area contributed by atoms with Gasteiger partial charge in [-0.2, -0.15) is 0 Å². The summed E-state index contributed by atoms with van der Waals surface area (Å²) in [7, 11) is 0. The number of nitrogens with one attached hydrogen (secondary N) is 2. The van der Waals surface area contributed by atoms with Gasteiger partial charge < -0.3 is 30.1 Å². The lowest BCUT2D eigenvalue weighted by atomic mass is 9.89. The van der Waals surface area contributed by atoms with Crippen LogP contribution in [-0.2, 0) is 19.2 Å². The third-order valence-corrected chi connectivity index (χ3v) is 7.98. The van der Waals surface area contributed by atoms with Crippen LogP contribution in [0, 0.1) is 5.92 Å². The summed E-state index contributed by atoms with van der Waals surface area (Å²) in [6.07, 6.45) is -0.777. The number of ketones is 1. The van der Waals surface area contributed by atoms with Gasteiger partial charge in [-0.15, -0.1) is 0 Å². The molecule has 5 rings (SSSR count). The highest BCUT2D eigenvalue weighted by Gasteiger charge is 2.50. The van der Waals surface area contributed by atoms with Gasteiger partial charge in [0.1, 0.15) is 30.8 Å². The van der Waals surface area contributed by atoms with Crippen LogP contribution in [0.3, 0.4) is 0 Å². The van der Waals surface area contributed by atoms with E-state index in [0.717, 1.165) is 10.8 Å². The van der Waals surface area contributed by atoms with Gasteiger partial charge in [0, 0.05) is 12.0 Å². The number of oxime groups is 1. The van der Waals surface area contributed by atoms with Crippen LogP contribution in [0.4, 0.5) is 0 Å². The molecule has 4 aromatic carbocycles. The summed E-state index contributed by atoms with van der Waals surface area (Å²) in [4.78, 5) is 58.4. The standard InChI is InChI=1S/C37H37N3O8/c1-24(2)34(39-35(44)29-19-11-13-25-12-9-10-18-28(25)29)31-21-37(48-40-31,23-47-27-16-7-4-8-17-27)36(45)38-30(20-33(42)43)32(41)22-46-26-14-5-3-6-15-26/h3-19,24,30,34H,20-23H2,1-2H3,(H,38,45)(H,39,44)(H,42,43). The average Bonchev–Trinajstić information content (AvgIpc) is 3.54. The number of nitrogens with zero attached hydrogens (tertiary/aromatic N) is 1. The SMILES string of the molecule is CC(C)C(NC(=O)c1cccc2ccccc12)C1=NOC(COc2ccccc2)(C(=O)NC(CC(=O)O)C(=O)COc2ccccc2)C1. The molecular weight excluding hydrogens is 614 g/mol. The van der Waals surface area contributed by atoms with Gasteiger partial charge in [0.2, 0.25) is 0 Å². The number of carbonyl (C=O) groups is 4. The fourth-order valence-electron chi connectivity index (χ4n) is 5.41. The van der Waals surface area contributed by atoms with Crippen LogP contribution < -0.4 is 20.1 Å². The fourth-order valence-corrected chi connectivity index (χ4v) is 5.41. The number of benzene rings is 4. The molecule has 0 fully saturated rings. The molecule has 0 aromatic heterocycles. The summed E-state index contributed by atoms with van der Waals surface area (Å²) < 4.78 is 11.5. The van der Waals surface area contributed by atoms with E-state index in [2.05, 4.69) is 15.8 Å². The first-order valence-corrected chi connectivity index (χ1v) is 15.6. The van der Waals surface area contributed by atoms with E-state index < -0.39 is 48.4 Å². The first-order valence-electron chi connectivity index (χ1n) is 15.6. The van der Waals surface area contributed by atoms with E-state index in [9.17, 15) is 24.3 Å². The quantitative estimate of drug-likeness (QED) is 0.166. The molecule has 4 aromatic rings. The number of aliphatic carboxylic acids is 1. The lowest BCUT2D eigenvalue weighted by molar-refractivity contribution is -0.151. The van der Waals surface area contributed by atoms with Crippen LogP contribution in [0.1, 0.15) is 37.0 Å². The molecule has 3 atom stereocenters. The van der Waals surface area contributed by atoms with Gasteiger partial charge in [-0.05, 0) is 47.0 Å². The van der Waals surface area contributed by atoms with Crippen molar-refractivity contribution in [3.8, 4) is 11.5 Å². The van der Waals surface area contributed by atoms with E-state index in [0.29, 0.717) is 22.8 Å². The minimum absolute atomic E-state index is 0.0984. The van der Waals surface area contributed by atoms with Crippen LogP contribution in [0.5, 0.6) is 11.5 Å². The zero-order chi connectivity index (χ0) is 34.1. The molecule has 0 aliphatic carbocycles. The van der Waals surface area contributed by atoms with E-state index in [1.165, 1.54) is 0 Å². The Balaban J connectivity index is 1.36. The minimum Gasteiger partial charge on any atom is -0.489 e. The number of amides is 2. The topological polar surface area (TPSA) is 153 Å². The van der Waals surface area contributed by atoms with Crippen molar-refractivity contribution in [2.45, 2.75) is 44.4 Å². The number of rotatable bonds is 15. The van der Waals surface area contributed by atoms with Crippen LogP contribution in [0.2, 0.25) is 0 Å². The molecule has 1 aliphatic rings. The molecule has 3 unspecified atom stereocenters. The number of carboxylic acids is 1. The van der Waals surface area contributed by atoms with Gasteiger partial charge in [0.15, 0.2) is 5.78 Å². The molecule has 0 saturated carbocycles. The van der Waals surface area contributed by atoms with Crippen molar-refractivity contribution in [1.29, 1.82) is 0 Å². The second kappa shape index (κ2) is 15.3. The molecule has 248 valence electrons. The number of hydrogen-bond acceptors (Lipinski definition) is 8. The van der Waals surface area contributed by atoms with Crippen LogP contribution in [0.25, 0.3) is 10.8 Å². The highest BCUT2D eigenvalue weighted by atomic mass is 16.7. The van der Waals surface area contributed by atoms with Crippen molar-refractivity contribution < 1.29 is 38.6 Å². The summed E-state index contributed by atoms with van der Waals surface area (Å²) in [5, 5.41) is 21.2. The molecule has 1 heterocycles. The highest BCUT2D eigenvalue weighted by molar-refractivity contribution is 6.09. The Bertz CT molecular complexity index is 1790. The first kappa shape index (κ1) is 33.6. The normalized spacial score (nSPS) is 16.7. The van der Waals surface area contributed by atoms with Crippen LogP contribution in [0.15, 0.2) is 108 Å². The molecular formula is C37H37N3O8. The van der Waals surface area contributed by atoms with Gasteiger partial charge >= 0.3 is 5.97 Å². The fraction of sp³-hybridized carbons (Fsp3) is 0.270. The van der Waals surface area contributed by atoms with Gasteiger partial charge in [-0.3, -0.25) is 19.2 Å². The Labute approximate surface area is 277 Å². The molecule has 48 heavy (non-hydrogen) atoms. The summed E-state index contributed by atoms with van der Waals surface area (Å²) in [5.74, 6) is -2.32. The predicted molar refractivity (Wildman–Crippen MR) is 179 cm³/mol. The highest BCUT2D eigenvalue weighted by Crippen LogP contribution is 2.30. The zero-order valence-corrected chi connectivity index (χ0v) is 26.6. The van der Waals surface area contributed by atoms with E-state index in [1.54, 1.807) is 60.7 Å². The van der Waals surface area contributed by atoms with Crippen LogP contribution in [-0.4, -0.2) is 65.3 Å². The molecule has 0 radical (unpaired) electrons. The number of ether oxygens (including phenoxy) is 2. The van der Waals surface area contributed by atoms with Crippen molar-refractivity contribution in [2.75, 3.05) is 13.2 Å². The Morgan fingerprint density at radius 1 is 0.833 bits per heavy atom. The van der Waals surface area contributed by atoms with E-state index in [1.807, 2.05) is 56.3 Å². The number of hydrogen-bond donors (Lipinski definition) is 3. The maximum atomic E-state index is 14.0. The molecule has 3 N–H and O–H groups in total. The van der Waals surface area contributed by atoms with Crippen LogP contribution >= 0.6 is 0 Å². The Morgan fingerprint density at radius 2 is 1.46 bits per heavy atom. The van der Waals surface area contributed by atoms with Crippen molar-refractivity contribution in [2.24, 2.45) is 11.1 Å². The number of Topliss-reactive ketones (excluding diaryl/α,β-unsaturated/α-hetero) is 1. The maximum absolute atomic E-state index is 14.0. The minimum atomic E-state index is -1.78. The third kappa shape index (κ3) is 8.16. The molecule has 0 saturated heterocycles.